The van der Waals surface area contributed by atoms with E-state index in [1.807, 2.05) is 0 Å². The maximum Gasteiger partial charge on any atom is 0.118 e. The molecular weight excluding hydrogens is 98.1 g/mol. The Morgan fingerprint density at radius 1 is 1.57 bits per heavy atom. The molecule has 7 heavy (non-hydrogen) atoms. The van der Waals surface area contributed by atoms with Crippen LogP contribution in [-0.2, 0) is 0 Å². The van der Waals surface area contributed by atoms with Gasteiger partial charge in [-0.1, -0.05) is 6.58 Å². The fourth-order valence-corrected chi connectivity index (χ4v) is 0.216. The normalized spacial score (nSPS) is 11.6. The van der Waals surface area contributed by atoms with Crippen molar-refractivity contribution in [3.63, 3.8) is 0 Å². The van der Waals surface area contributed by atoms with Gasteiger partial charge in [-0.15, -0.1) is 0 Å². The minimum atomic E-state index is -0.750. The Hall–Kier alpha value is -0.660. The van der Waals surface area contributed by atoms with Gasteiger partial charge in [0.1, 0.15) is 5.83 Å². The smallest absolute Gasteiger partial charge is 0.118 e. The lowest BCUT2D eigenvalue weighted by atomic mass is 10.5. The molecule has 0 N–H and O–H groups in total. The van der Waals surface area contributed by atoms with Gasteiger partial charge in [0.05, 0.1) is 5.83 Å². The van der Waals surface area contributed by atoms with Crippen molar-refractivity contribution < 1.29 is 8.78 Å². The van der Waals surface area contributed by atoms with Crippen LogP contribution in [0.4, 0.5) is 8.78 Å². The topological polar surface area (TPSA) is 0 Å². The lowest BCUT2D eigenvalue weighted by molar-refractivity contribution is 0.616. The van der Waals surface area contributed by atoms with Crippen LogP contribution in [0.25, 0.3) is 0 Å². The Labute approximate surface area is 41.2 Å². The summed E-state index contributed by atoms with van der Waals surface area (Å²) in [5.74, 6) is -1.31. The Morgan fingerprint density at radius 2 is 2.00 bits per heavy atom. The van der Waals surface area contributed by atoms with Crippen molar-refractivity contribution in [1.29, 1.82) is 0 Å². The molecule has 40 valence electrons. The lowest BCUT2D eigenvalue weighted by Gasteiger charge is -1.78. The molecule has 0 aliphatic heterocycles. The number of allylic oxidation sites excluding steroid dienone is 3. The second kappa shape index (κ2) is 2.50. The fraction of sp³-hybridized carbons (Fsp3) is 0.200. The van der Waals surface area contributed by atoms with Crippen LogP contribution in [-0.4, -0.2) is 0 Å². The molecule has 0 aromatic carbocycles. The van der Waals surface area contributed by atoms with Crippen LogP contribution in [0.3, 0.4) is 0 Å². The van der Waals surface area contributed by atoms with E-state index in [0.717, 1.165) is 13.0 Å². The quantitative estimate of drug-likeness (QED) is 0.448. The van der Waals surface area contributed by atoms with E-state index < -0.39 is 11.7 Å². The summed E-state index contributed by atoms with van der Waals surface area (Å²) in [6.07, 6.45) is 0.722. The van der Waals surface area contributed by atoms with Gasteiger partial charge in [-0.05, 0) is 6.92 Å². The molecule has 0 radical (unpaired) electrons. The van der Waals surface area contributed by atoms with Crippen LogP contribution in [0.5, 0.6) is 0 Å². The first kappa shape index (κ1) is 6.34. The highest BCUT2D eigenvalue weighted by Crippen LogP contribution is 2.00. The van der Waals surface area contributed by atoms with Crippen molar-refractivity contribution in [2.24, 2.45) is 0 Å². The second-order valence-electron chi connectivity index (χ2n) is 1.18. The highest BCUT2D eigenvalue weighted by atomic mass is 19.1. The van der Waals surface area contributed by atoms with E-state index in [1.165, 1.54) is 0 Å². The number of hydrogen-bond acceptors (Lipinski definition) is 0. The summed E-state index contributed by atoms with van der Waals surface area (Å²) in [7, 11) is 0. The van der Waals surface area contributed by atoms with E-state index in [0.29, 0.717) is 0 Å². The van der Waals surface area contributed by atoms with Crippen LogP contribution in [0.2, 0.25) is 0 Å². The van der Waals surface area contributed by atoms with Crippen LogP contribution in [0.1, 0.15) is 6.92 Å². The predicted octanol–water partition coefficient (Wildman–Crippen LogP) is 2.34. The van der Waals surface area contributed by atoms with Gasteiger partial charge in [-0.2, -0.15) is 0 Å². The second-order valence-corrected chi connectivity index (χ2v) is 1.18. The highest BCUT2D eigenvalue weighted by molar-refractivity contribution is 5.07. The molecule has 0 aromatic heterocycles. The SMILES string of the molecule is C=C(F)/C=C(\C)F. The van der Waals surface area contributed by atoms with E-state index in [2.05, 4.69) is 6.58 Å². The van der Waals surface area contributed by atoms with Gasteiger partial charge in [-0.3, -0.25) is 0 Å². The monoisotopic (exact) mass is 104 g/mol. The Morgan fingerprint density at radius 3 is 2.00 bits per heavy atom. The zero-order valence-corrected chi connectivity index (χ0v) is 4.04. The van der Waals surface area contributed by atoms with Gasteiger partial charge >= 0.3 is 0 Å². The van der Waals surface area contributed by atoms with Gasteiger partial charge in [0.25, 0.3) is 0 Å². The van der Waals surface area contributed by atoms with Gasteiger partial charge in [-0.25, -0.2) is 8.78 Å². The molecule has 2 heteroatoms. The fourth-order valence-electron chi connectivity index (χ4n) is 0.216. The third-order valence-electron chi connectivity index (χ3n) is 0.356. The van der Waals surface area contributed by atoms with Crippen LogP contribution in [0, 0.1) is 0 Å². The Kier molecular flexibility index (Phi) is 2.27. The zero-order valence-electron chi connectivity index (χ0n) is 4.04. The lowest BCUT2D eigenvalue weighted by Crippen LogP contribution is -1.60. The van der Waals surface area contributed by atoms with Crippen LogP contribution in [0.15, 0.2) is 24.3 Å². The summed E-state index contributed by atoms with van der Waals surface area (Å²) in [5, 5.41) is 0. The third-order valence-corrected chi connectivity index (χ3v) is 0.356. The van der Waals surface area contributed by atoms with Crippen molar-refractivity contribution in [1.82, 2.24) is 0 Å². The molecule has 0 rings (SSSR count). The van der Waals surface area contributed by atoms with E-state index in [-0.39, 0.29) is 0 Å². The van der Waals surface area contributed by atoms with Crippen molar-refractivity contribution in [2.45, 2.75) is 6.92 Å². The van der Waals surface area contributed by atoms with E-state index in [1.54, 1.807) is 0 Å². The maximum atomic E-state index is 11.5. The van der Waals surface area contributed by atoms with Gasteiger partial charge in [0, 0.05) is 6.08 Å². The summed E-state index contributed by atoms with van der Waals surface area (Å²) < 4.78 is 23.0. The summed E-state index contributed by atoms with van der Waals surface area (Å²) in [5.41, 5.74) is 0. The van der Waals surface area contributed by atoms with E-state index in [4.69, 9.17) is 0 Å². The molecule has 0 spiro atoms. The molecule has 0 unspecified atom stereocenters. The average molecular weight is 104 g/mol. The molecule has 0 bridgehead atoms. The first-order valence-corrected chi connectivity index (χ1v) is 1.81. The number of rotatable bonds is 1. The molecule has 0 aromatic rings. The molecule has 0 amide bonds. The van der Waals surface area contributed by atoms with Gasteiger partial charge in [0.15, 0.2) is 0 Å². The summed E-state index contributed by atoms with van der Waals surface area (Å²) in [4.78, 5) is 0. The molecule has 0 aliphatic rings. The van der Waals surface area contributed by atoms with E-state index in [9.17, 15) is 8.78 Å². The molecule has 0 saturated carbocycles. The number of hydrogen-bond donors (Lipinski definition) is 0. The first-order valence-electron chi connectivity index (χ1n) is 1.81. The summed E-state index contributed by atoms with van der Waals surface area (Å²) >= 11 is 0. The highest BCUT2D eigenvalue weighted by Gasteiger charge is 1.82. The molecule has 0 heterocycles. The minimum absolute atomic E-state index is 0.562. The zero-order chi connectivity index (χ0) is 5.86. The van der Waals surface area contributed by atoms with Gasteiger partial charge < -0.3 is 0 Å². The van der Waals surface area contributed by atoms with E-state index >= 15 is 0 Å². The summed E-state index contributed by atoms with van der Waals surface area (Å²) in [6, 6.07) is 0. The molecule has 0 saturated heterocycles. The van der Waals surface area contributed by atoms with Crippen molar-refractivity contribution >= 4 is 0 Å². The minimum Gasteiger partial charge on any atom is -0.212 e. The summed E-state index contributed by atoms with van der Waals surface area (Å²) in [6.45, 7) is 3.97. The molecular formula is C5H6F2. The van der Waals surface area contributed by atoms with Crippen molar-refractivity contribution in [2.75, 3.05) is 0 Å². The van der Waals surface area contributed by atoms with Crippen molar-refractivity contribution in [3.8, 4) is 0 Å². The van der Waals surface area contributed by atoms with Crippen LogP contribution >= 0.6 is 0 Å². The van der Waals surface area contributed by atoms with Gasteiger partial charge in [0.2, 0.25) is 0 Å². The molecule has 0 aliphatic carbocycles. The first-order chi connectivity index (χ1) is 3.13. The molecule has 0 atom stereocenters. The van der Waals surface area contributed by atoms with Crippen molar-refractivity contribution in [3.05, 3.63) is 24.3 Å². The maximum absolute atomic E-state index is 11.5. The predicted molar refractivity (Wildman–Crippen MR) is 25.1 cm³/mol. The Bertz CT molecular complexity index is 98.6. The Balaban J connectivity index is 3.68. The standard InChI is InChI=1S/C5H6F2/c1-4(6)3-5(2)7/h3H,1H2,2H3/b5-3+. The third kappa shape index (κ3) is 5.34. The molecule has 0 fully saturated rings. The van der Waals surface area contributed by atoms with Crippen LogP contribution < -0.4 is 0 Å². The largest absolute Gasteiger partial charge is 0.212 e. The number of halogens is 2. The average Bonchev–Trinajstić information content (AvgIpc) is 1.27. The molecule has 0 nitrogen and oxygen atoms in total.